The fourth-order valence-corrected chi connectivity index (χ4v) is 5.22. The minimum Gasteiger partial charge on any atom is -0.368 e. The van der Waals surface area contributed by atoms with Crippen LogP contribution in [0.4, 0.5) is 0 Å². The number of carbonyl (C=O) groups is 1. The van der Waals surface area contributed by atoms with Gasteiger partial charge in [0.2, 0.25) is 15.9 Å². The summed E-state index contributed by atoms with van der Waals surface area (Å²) >= 11 is 12.0. The number of hydrogen-bond donors (Lipinski definition) is 1. The van der Waals surface area contributed by atoms with Gasteiger partial charge >= 0.3 is 0 Å². The summed E-state index contributed by atoms with van der Waals surface area (Å²) in [6.07, 6.45) is 0.484. The number of carbonyl (C=O) groups excluding carboxylic acids is 1. The van der Waals surface area contributed by atoms with Gasteiger partial charge in [-0.3, -0.25) is 4.79 Å². The number of fused-ring (bicyclic) bond motifs is 1. The summed E-state index contributed by atoms with van der Waals surface area (Å²) in [5.41, 5.74) is 7.01. The van der Waals surface area contributed by atoms with Crippen LogP contribution in [0.3, 0.4) is 0 Å². The predicted molar refractivity (Wildman–Crippen MR) is 92.4 cm³/mol. The molecule has 3 rings (SSSR count). The van der Waals surface area contributed by atoms with Gasteiger partial charge in [-0.15, -0.1) is 0 Å². The third-order valence-corrected chi connectivity index (χ3v) is 6.57. The van der Waals surface area contributed by atoms with Crippen molar-refractivity contribution in [2.75, 3.05) is 6.54 Å². The van der Waals surface area contributed by atoms with Crippen molar-refractivity contribution in [3.05, 3.63) is 63.6 Å². The zero-order chi connectivity index (χ0) is 17.5. The minimum atomic E-state index is -4.04. The minimum absolute atomic E-state index is 0.0430. The first kappa shape index (κ1) is 17.2. The van der Waals surface area contributed by atoms with E-state index < -0.39 is 22.0 Å². The Morgan fingerprint density at radius 1 is 1.17 bits per heavy atom. The number of sulfonamides is 1. The summed E-state index contributed by atoms with van der Waals surface area (Å²) in [5.74, 6) is -0.733. The first-order valence-corrected chi connectivity index (χ1v) is 9.36. The molecule has 1 amide bonds. The van der Waals surface area contributed by atoms with Crippen molar-refractivity contribution in [1.82, 2.24) is 4.31 Å². The van der Waals surface area contributed by atoms with E-state index in [1.807, 2.05) is 12.1 Å². The number of amides is 1. The second-order valence-corrected chi connectivity index (χ2v) is 8.15. The summed E-state index contributed by atoms with van der Waals surface area (Å²) in [5, 5.41) is 0.285. The van der Waals surface area contributed by atoms with Crippen LogP contribution in [0.1, 0.15) is 17.2 Å². The highest BCUT2D eigenvalue weighted by Gasteiger charge is 2.40. The number of nitrogens with two attached hydrogens (primary N) is 1. The molecule has 126 valence electrons. The third kappa shape index (κ3) is 2.91. The fraction of sp³-hybridized carbons (Fsp3) is 0.188. The van der Waals surface area contributed by atoms with Gasteiger partial charge in [-0.1, -0.05) is 47.5 Å². The van der Waals surface area contributed by atoms with Gasteiger partial charge in [0.25, 0.3) is 0 Å². The van der Waals surface area contributed by atoms with Crippen LogP contribution in [-0.4, -0.2) is 25.2 Å². The SMILES string of the molecule is NC(=O)C1c2ccccc2CCN1S(=O)(=O)c1cc(Cl)ccc1Cl. The molecule has 1 aliphatic rings. The quantitative estimate of drug-likeness (QED) is 0.882. The van der Waals surface area contributed by atoms with Gasteiger partial charge in [0.15, 0.2) is 0 Å². The molecule has 0 saturated carbocycles. The van der Waals surface area contributed by atoms with Crippen LogP contribution in [0.2, 0.25) is 10.0 Å². The van der Waals surface area contributed by atoms with Gasteiger partial charge in [0.05, 0.1) is 5.02 Å². The first-order valence-electron chi connectivity index (χ1n) is 7.16. The zero-order valence-electron chi connectivity index (χ0n) is 12.4. The second-order valence-electron chi connectivity index (χ2n) is 5.44. The number of halogens is 2. The normalized spacial score (nSPS) is 18.2. The largest absolute Gasteiger partial charge is 0.368 e. The van der Waals surface area contributed by atoms with Gasteiger partial charge in [-0.25, -0.2) is 8.42 Å². The Kier molecular flexibility index (Phi) is 4.57. The molecule has 24 heavy (non-hydrogen) atoms. The smallest absolute Gasteiger partial charge is 0.245 e. The van der Waals surface area contributed by atoms with Crippen molar-refractivity contribution >= 4 is 39.1 Å². The Morgan fingerprint density at radius 3 is 2.58 bits per heavy atom. The number of rotatable bonds is 3. The monoisotopic (exact) mass is 384 g/mol. The average molecular weight is 385 g/mol. The molecule has 2 aromatic carbocycles. The lowest BCUT2D eigenvalue weighted by Gasteiger charge is -2.34. The molecule has 1 unspecified atom stereocenters. The van der Waals surface area contributed by atoms with Crippen molar-refractivity contribution in [3.8, 4) is 0 Å². The maximum Gasteiger partial charge on any atom is 0.245 e. The van der Waals surface area contributed by atoms with E-state index in [2.05, 4.69) is 0 Å². The third-order valence-electron chi connectivity index (χ3n) is 3.99. The number of nitrogens with zero attached hydrogens (tertiary/aromatic N) is 1. The van der Waals surface area contributed by atoms with Gasteiger partial charge in [0.1, 0.15) is 10.9 Å². The maximum absolute atomic E-state index is 13.1. The molecule has 1 heterocycles. The van der Waals surface area contributed by atoms with E-state index in [1.54, 1.807) is 12.1 Å². The lowest BCUT2D eigenvalue weighted by Crippen LogP contribution is -2.45. The molecule has 0 aromatic heterocycles. The van der Waals surface area contributed by atoms with E-state index in [0.717, 1.165) is 9.87 Å². The Hall–Kier alpha value is -1.60. The molecular formula is C16H14Cl2N2O3S. The standard InChI is InChI=1S/C16H14Cl2N2O3S/c17-11-5-6-13(18)14(9-11)24(22,23)20-8-7-10-3-1-2-4-12(10)15(20)16(19)21/h1-6,9,15H,7-8H2,(H2,19,21). The van der Waals surface area contributed by atoms with Crippen LogP contribution >= 0.6 is 23.2 Å². The van der Waals surface area contributed by atoms with E-state index in [1.165, 1.54) is 18.2 Å². The summed E-state index contributed by atoms with van der Waals surface area (Å²) in [7, 11) is -4.04. The molecule has 0 aliphatic carbocycles. The van der Waals surface area contributed by atoms with Crippen molar-refractivity contribution < 1.29 is 13.2 Å². The summed E-state index contributed by atoms with van der Waals surface area (Å²) in [6, 6.07) is 10.3. The predicted octanol–water partition coefficient (Wildman–Crippen LogP) is 2.77. The summed E-state index contributed by atoms with van der Waals surface area (Å²) in [4.78, 5) is 11.9. The highest BCUT2D eigenvalue weighted by atomic mass is 35.5. The van der Waals surface area contributed by atoms with Crippen LogP contribution in [0.25, 0.3) is 0 Å². The van der Waals surface area contributed by atoms with E-state index >= 15 is 0 Å². The highest BCUT2D eigenvalue weighted by Crippen LogP contribution is 2.36. The molecule has 2 N–H and O–H groups in total. The van der Waals surface area contributed by atoms with Crippen molar-refractivity contribution in [2.24, 2.45) is 5.73 Å². The molecule has 5 nitrogen and oxygen atoms in total. The topological polar surface area (TPSA) is 80.5 Å². The summed E-state index contributed by atoms with van der Waals surface area (Å²) in [6.45, 7) is 0.135. The van der Waals surface area contributed by atoms with Crippen LogP contribution in [0, 0.1) is 0 Å². The average Bonchev–Trinajstić information content (AvgIpc) is 2.55. The number of primary amides is 1. The molecule has 2 aromatic rings. The van der Waals surface area contributed by atoms with Crippen LogP contribution in [0.15, 0.2) is 47.4 Å². The molecule has 0 bridgehead atoms. The Bertz CT molecular complexity index is 915. The van der Waals surface area contributed by atoms with Crippen LogP contribution < -0.4 is 5.73 Å². The molecule has 1 atom stereocenters. The van der Waals surface area contributed by atoms with Crippen molar-refractivity contribution in [3.63, 3.8) is 0 Å². The van der Waals surface area contributed by atoms with E-state index in [0.29, 0.717) is 12.0 Å². The van der Waals surface area contributed by atoms with E-state index in [4.69, 9.17) is 28.9 Å². The number of hydrogen-bond acceptors (Lipinski definition) is 3. The van der Waals surface area contributed by atoms with E-state index in [-0.39, 0.29) is 21.5 Å². The first-order chi connectivity index (χ1) is 11.3. The highest BCUT2D eigenvalue weighted by molar-refractivity contribution is 7.89. The molecule has 0 fully saturated rings. The van der Waals surface area contributed by atoms with Crippen molar-refractivity contribution in [2.45, 2.75) is 17.4 Å². The van der Waals surface area contributed by atoms with Crippen LogP contribution in [-0.2, 0) is 21.2 Å². The molecule has 0 spiro atoms. The zero-order valence-corrected chi connectivity index (χ0v) is 14.8. The van der Waals surface area contributed by atoms with Gasteiger partial charge in [-0.2, -0.15) is 4.31 Å². The lowest BCUT2D eigenvalue weighted by atomic mass is 9.94. The van der Waals surface area contributed by atoms with Gasteiger partial charge < -0.3 is 5.73 Å². The molecule has 1 aliphatic heterocycles. The summed E-state index contributed by atoms with van der Waals surface area (Å²) < 4.78 is 27.2. The molecular weight excluding hydrogens is 371 g/mol. The van der Waals surface area contributed by atoms with E-state index in [9.17, 15) is 13.2 Å². The van der Waals surface area contributed by atoms with Gasteiger partial charge in [-0.05, 0) is 35.7 Å². The molecule has 8 heteroatoms. The molecule has 0 saturated heterocycles. The Balaban J connectivity index is 2.14. The Morgan fingerprint density at radius 2 is 1.88 bits per heavy atom. The maximum atomic E-state index is 13.1. The van der Waals surface area contributed by atoms with Crippen molar-refractivity contribution in [1.29, 1.82) is 0 Å². The fourth-order valence-electron chi connectivity index (χ4n) is 2.90. The second kappa shape index (κ2) is 6.37. The Labute approximate surface area is 150 Å². The number of benzene rings is 2. The van der Waals surface area contributed by atoms with Gasteiger partial charge in [0, 0.05) is 11.6 Å². The lowest BCUT2D eigenvalue weighted by molar-refractivity contribution is -0.122. The van der Waals surface area contributed by atoms with Crippen LogP contribution in [0.5, 0.6) is 0 Å². The molecule has 0 radical (unpaired) electrons.